The fourth-order valence-corrected chi connectivity index (χ4v) is 2.57. The maximum atomic E-state index is 11.4. The van der Waals surface area contributed by atoms with Crippen LogP contribution in [-0.2, 0) is 6.42 Å². The van der Waals surface area contributed by atoms with Crippen molar-refractivity contribution in [3.63, 3.8) is 0 Å². The summed E-state index contributed by atoms with van der Waals surface area (Å²) >= 11 is 17.5. The van der Waals surface area contributed by atoms with Crippen molar-refractivity contribution in [1.29, 1.82) is 0 Å². The Morgan fingerprint density at radius 2 is 1.89 bits per heavy atom. The van der Waals surface area contributed by atoms with Gasteiger partial charge >= 0.3 is 0 Å². The van der Waals surface area contributed by atoms with Crippen molar-refractivity contribution in [1.82, 2.24) is 9.78 Å². The molecule has 1 aromatic heterocycles. The van der Waals surface area contributed by atoms with Crippen LogP contribution in [0.1, 0.15) is 29.4 Å². The molecule has 0 N–H and O–H groups in total. The van der Waals surface area contributed by atoms with E-state index in [1.807, 2.05) is 6.92 Å². The monoisotopic (exact) mass is 316 g/mol. The third-order valence-electron chi connectivity index (χ3n) is 2.66. The van der Waals surface area contributed by atoms with E-state index >= 15 is 0 Å². The Labute approximate surface area is 126 Å². The van der Waals surface area contributed by atoms with Crippen molar-refractivity contribution in [2.45, 2.75) is 19.8 Å². The van der Waals surface area contributed by atoms with Crippen LogP contribution in [-0.4, -0.2) is 15.0 Å². The van der Waals surface area contributed by atoms with Crippen molar-refractivity contribution in [3.8, 4) is 5.69 Å². The number of hydrogen-bond acceptors (Lipinski definition) is 2. The molecule has 0 aliphatic heterocycles. The second-order valence-electron chi connectivity index (χ2n) is 4.07. The van der Waals surface area contributed by atoms with E-state index in [1.165, 1.54) is 6.20 Å². The lowest BCUT2D eigenvalue weighted by Crippen LogP contribution is -2.05. The van der Waals surface area contributed by atoms with Crippen molar-refractivity contribution in [2.24, 2.45) is 0 Å². The summed E-state index contributed by atoms with van der Waals surface area (Å²) in [7, 11) is 0. The van der Waals surface area contributed by atoms with E-state index in [2.05, 4.69) is 5.10 Å². The van der Waals surface area contributed by atoms with Gasteiger partial charge in [-0.1, -0.05) is 36.5 Å². The van der Waals surface area contributed by atoms with Crippen LogP contribution in [0.15, 0.2) is 24.4 Å². The van der Waals surface area contributed by atoms with Gasteiger partial charge in [0.2, 0.25) is 0 Å². The lowest BCUT2D eigenvalue weighted by molar-refractivity contribution is 0.108. The lowest BCUT2D eigenvalue weighted by atomic mass is 10.1. The van der Waals surface area contributed by atoms with Gasteiger partial charge in [0.25, 0.3) is 5.24 Å². The Kier molecular flexibility index (Phi) is 4.50. The van der Waals surface area contributed by atoms with Gasteiger partial charge in [-0.15, -0.1) is 0 Å². The van der Waals surface area contributed by atoms with Gasteiger partial charge in [-0.3, -0.25) is 4.79 Å². The second kappa shape index (κ2) is 5.95. The Morgan fingerprint density at radius 1 is 1.26 bits per heavy atom. The van der Waals surface area contributed by atoms with Gasteiger partial charge in [-0.25, -0.2) is 4.68 Å². The van der Waals surface area contributed by atoms with Crippen LogP contribution in [0.4, 0.5) is 0 Å². The van der Waals surface area contributed by atoms with Gasteiger partial charge in [0, 0.05) is 10.0 Å². The molecule has 0 saturated carbocycles. The maximum Gasteiger partial charge on any atom is 0.255 e. The highest BCUT2D eigenvalue weighted by molar-refractivity contribution is 6.67. The number of rotatable bonds is 4. The van der Waals surface area contributed by atoms with E-state index in [9.17, 15) is 4.79 Å². The first kappa shape index (κ1) is 14.4. The molecular formula is C13H11Cl3N2O. The minimum atomic E-state index is -0.511. The number of carbonyl (C=O) groups is 1. The van der Waals surface area contributed by atoms with Gasteiger partial charge in [0.05, 0.1) is 23.1 Å². The summed E-state index contributed by atoms with van der Waals surface area (Å²) in [6.45, 7) is 2.02. The molecule has 1 heterocycles. The van der Waals surface area contributed by atoms with E-state index in [4.69, 9.17) is 34.8 Å². The average molecular weight is 318 g/mol. The van der Waals surface area contributed by atoms with E-state index in [1.54, 1.807) is 22.9 Å². The van der Waals surface area contributed by atoms with Crippen LogP contribution in [0.25, 0.3) is 5.69 Å². The molecule has 3 nitrogen and oxygen atoms in total. The standard InChI is InChI=1S/C13H11Cl3N2O/c1-2-3-12-11(13(16)19)7-17-18(12)10-5-8(14)4-9(15)6-10/h4-7H,2-3H2,1H3. The zero-order valence-electron chi connectivity index (χ0n) is 10.2. The minimum absolute atomic E-state index is 0.416. The quantitative estimate of drug-likeness (QED) is 0.778. The zero-order chi connectivity index (χ0) is 14.0. The topological polar surface area (TPSA) is 34.9 Å². The second-order valence-corrected chi connectivity index (χ2v) is 5.28. The first-order valence-corrected chi connectivity index (χ1v) is 6.89. The van der Waals surface area contributed by atoms with E-state index in [-0.39, 0.29) is 0 Å². The first-order valence-electron chi connectivity index (χ1n) is 5.76. The summed E-state index contributed by atoms with van der Waals surface area (Å²) in [5.74, 6) is 0. The van der Waals surface area contributed by atoms with Crippen LogP contribution in [0, 0.1) is 0 Å². The molecule has 0 amide bonds. The molecule has 0 unspecified atom stereocenters. The lowest BCUT2D eigenvalue weighted by Gasteiger charge is -2.08. The van der Waals surface area contributed by atoms with E-state index in [0.29, 0.717) is 27.7 Å². The van der Waals surface area contributed by atoms with Crippen LogP contribution >= 0.6 is 34.8 Å². The molecule has 0 spiro atoms. The maximum absolute atomic E-state index is 11.4. The summed E-state index contributed by atoms with van der Waals surface area (Å²) < 4.78 is 1.65. The van der Waals surface area contributed by atoms with E-state index in [0.717, 1.165) is 12.1 Å². The predicted molar refractivity (Wildman–Crippen MR) is 77.8 cm³/mol. The van der Waals surface area contributed by atoms with Crippen LogP contribution in [0.5, 0.6) is 0 Å². The van der Waals surface area contributed by atoms with Gasteiger partial charge in [0.15, 0.2) is 0 Å². The summed E-state index contributed by atoms with van der Waals surface area (Å²) in [5.41, 5.74) is 1.89. The highest BCUT2D eigenvalue weighted by atomic mass is 35.5. The third-order valence-corrected chi connectivity index (χ3v) is 3.30. The molecule has 100 valence electrons. The molecule has 0 aliphatic rings. The molecular weight excluding hydrogens is 307 g/mol. The summed E-state index contributed by atoms with van der Waals surface area (Å²) in [4.78, 5) is 11.4. The number of benzene rings is 1. The van der Waals surface area contributed by atoms with Crippen LogP contribution < -0.4 is 0 Å². The van der Waals surface area contributed by atoms with Crippen LogP contribution in [0.3, 0.4) is 0 Å². The molecule has 0 aliphatic carbocycles. The number of hydrogen-bond donors (Lipinski definition) is 0. The van der Waals surface area contributed by atoms with E-state index < -0.39 is 5.24 Å². The molecule has 1 aromatic carbocycles. The Morgan fingerprint density at radius 3 is 2.42 bits per heavy atom. The Hall–Kier alpha value is -1.03. The van der Waals surface area contributed by atoms with Gasteiger partial charge in [0.1, 0.15) is 0 Å². The third kappa shape index (κ3) is 3.11. The van der Waals surface area contributed by atoms with Crippen molar-refractivity contribution in [2.75, 3.05) is 0 Å². The Bertz CT molecular complexity index is 602. The molecule has 0 radical (unpaired) electrons. The van der Waals surface area contributed by atoms with Crippen molar-refractivity contribution < 1.29 is 4.79 Å². The number of nitrogens with zero attached hydrogens (tertiary/aromatic N) is 2. The molecule has 0 bridgehead atoms. The summed E-state index contributed by atoms with van der Waals surface area (Å²) in [6, 6.07) is 5.12. The zero-order valence-corrected chi connectivity index (χ0v) is 12.4. The molecule has 6 heteroatoms. The summed E-state index contributed by atoms with van der Waals surface area (Å²) in [5, 5.41) is 4.72. The molecule has 0 atom stereocenters. The fraction of sp³-hybridized carbons (Fsp3) is 0.231. The predicted octanol–water partition coefficient (Wildman–Crippen LogP) is 4.51. The van der Waals surface area contributed by atoms with Gasteiger partial charge < -0.3 is 0 Å². The molecule has 0 saturated heterocycles. The minimum Gasteiger partial charge on any atom is -0.275 e. The molecule has 2 aromatic rings. The SMILES string of the molecule is CCCc1c(C(=O)Cl)cnn1-c1cc(Cl)cc(Cl)c1. The molecule has 2 rings (SSSR count). The number of carbonyl (C=O) groups excluding carboxylic acids is 1. The molecule has 0 fully saturated rings. The number of halogens is 3. The Balaban J connectivity index is 2.58. The fourth-order valence-electron chi connectivity index (χ4n) is 1.90. The summed E-state index contributed by atoms with van der Waals surface area (Å²) in [6.07, 6.45) is 3.03. The normalized spacial score (nSPS) is 10.7. The largest absolute Gasteiger partial charge is 0.275 e. The van der Waals surface area contributed by atoms with Gasteiger partial charge in [-0.05, 0) is 36.2 Å². The highest BCUT2D eigenvalue weighted by Gasteiger charge is 2.16. The number of aromatic nitrogens is 2. The van der Waals surface area contributed by atoms with Crippen molar-refractivity contribution in [3.05, 3.63) is 45.7 Å². The highest BCUT2D eigenvalue weighted by Crippen LogP contribution is 2.24. The molecule has 19 heavy (non-hydrogen) atoms. The average Bonchev–Trinajstić information content (AvgIpc) is 2.72. The van der Waals surface area contributed by atoms with Gasteiger partial charge in [-0.2, -0.15) is 5.10 Å². The smallest absolute Gasteiger partial charge is 0.255 e. The van der Waals surface area contributed by atoms with Crippen molar-refractivity contribution >= 4 is 40.0 Å². The van der Waals surface area contributed by atoms with Crippen LogP contribution in [0.2, 0.25) is 10.0 Å². The first-order chi connectivity index (χ1) is 9.02.